The number of para-hydroxylation sites is 2. The molecule has 0 radical (unpaired) electrons. The van der Waals surface area contributed by atoms with Crippen LogP contribution >= 0.6 is 0 Å². The van der Waals surface area contributed by atoms with Gasteiger partial charge >= 0.3 is 0 Å². The first-order chi connectivity index (χ1) is 16.0. The summed E-state index contributed by atoms with van der Waals surface area (Å²) in [5.74, 6) is -0.484. The van der Waals surface area contributed by atoms with Crippen molar-refractivity contribution in [2.75, 3.05) is 5.32 Å². The lowest BCUT2D eigenvalue weighted by Crippen LogP contribution is -2.14. The molecule has 3 aromatic carbocycles. The van der Waals surface area contributed by atoms with Crippen LogP contribution in [-0.2, 0) is 11.3 Å². The van der Waals surface area contributed by atoms with Crippen LogP contribution in [-0.4, -0.2) is 15.4 Å². The fourth-order valence-corrected chi connectivity index (χ4v) is 3.69. The minimum absolute atomic E-state index is 0.0171. The Labute approximate surface area is 190 Å². The van der Waals surface area contributed by atoms with E-state index in [1.54, 1.807) is 24.3 Å². The van der Waals surface area contributed by atoms with E-state index in [4.69, 9.17) is 0 Å². The Bertz CT molecular complexity index is 1440. The summed E-state index contributed by atoms with van der Waals surface area (Å²) in [7, 11) is 0. The minimum Gasteiger partial charge on any atom is -0.342 e. The Kier molecular flexibility index (Phi) is 6.00. The first-order valence-electron chi connectivity index (χ1n) is 10.3. The van der Waals surface area contributed by atoms with E-state index >= 15 is 0 Å². The van der Waals surface area contributed by atoms with Gasteiger partial charge in [0, 0.05) is 47.0 Å². The van der Waals surface area contributed by atoms with Crippen LogP contribution in [0.1, 0.15) is 16.7 Å². The molecule has 7 nitrogen and oxygen atoms in total. The van der Waals surface area contributed by atoms with Crippen LogP contribution in [0.15, 0.2) is 84.6 Å². The maximum atomic E-state index is 12.8. The number of nitrogens with one attached hydrogen (secondary N) is 1. The predicted octanol–water partition coefficient (Wildman–Crippen LogP) is 5.45. The average Bonchev–Trinajstić information content (AvgIpc) is 3.16. The summed E-state index contributed by atoms with van der Waals surface area (Å²) in [5.41, 5.74) is 3.95. The number of hydrogen-bond donors (Lipinski definition) is 1. The standard InChI is InChI=1S/C26H20N4O3/c1-18-7-2-4-11-24(18)28-26(31)20(15-27)14-21-17-29(25-12-5-3-10-23(21)25)16-19-8-6-9-22(13-19)30(32)33/h2-14,17H,16H2,1H3,(H,28,31)/b20-14-. The number of hydrogen-bond acceptors (Lipinski definition) is 4. The largest absolute Gasteiger partial charge is 0.342 e. The molecule has 1 heterocycles. The first-order valence-corrected chi connectivity index (χ1v) is 10.3. The lowest BCUT2D eigenvalue weighted by Gasteiger charge is -2.07. The van der Waals surface area contributed by atoms with Crippen molar-refractivity contribution in [1.29, 1.82) is 5.26 Å². The van der Waals surface area contributed by atoms with Gasteiger partial charge in [0.15, 0.2) is 0 Å². The molecule has 4 rings (SSSR count). The second-order valence-electron chi connectivity index (χ2n) is 7.60. The topological polar surface area (TPSA) is 101 Å². The minimum atomic E-state index is -0.484. The molecule has 0 bridgehead atoms. The van der Waals surface area contributed by atoms with Crippen LogP contribution in [0, 0.1) is 28.4 Å². The average molecular weight is 436 g/mol. The van der Waals surface area contributed by atoms with Gasteiger partial charge in [-0.2, -0.15) is 5.26 Å². The first kappa shape index (κ1) is 21.5. The van der Waals surface area contributed by atoms with E-state index in [1.807, 2.05) is 72.3 Å². The SMILES string of the molecule is Cc1ccccc1NC(=O)/C(C#N)=C\c1cn(Cc2cccc([N+](=O)[O-])c2)c2ccccc12. The Morgan fingerprint density at radius 3 is 2.64 bits per heavy atom. The maximum Gasteiger partial charge on any atom is 0.269 e. The number of rotatable bonds is 6. The normalized spacial score (nSPS) is 11.2. The number of nitro groups is 1. The smallest absolute Gasteiger partial charge is 0.269 e. The molecule has 0 aliphatic heterocycles. The highest BCUT2D eigenvalue weighted by atomic mass is 16.6. The number of anilines is 1. The van der Waals surface area contributed by atoms with Crippen LogP contribution in [0.25, 0.3) is 17.0 Å². The molecule has 0 aliphatic carbocycles. The molecule has 7 heteroatoms. The van der Waals surface area contributed by atoms with Crippen molar-refractivity contribution in [3.8, 4) is 6.07 Å². The monoisotopic (exact) mass is 436 g/mol. The second-order valence-corrected chi connectivity index (χ2v) is 7.60. The zero-order valence-corrected chi connectivity index (χ0v) is 17.9. The quantitative estimate of drug-likeness (QED) is 0.188. The van der Waals surface area contributed by atoms with E-state index in [1.165, 1.54) is 6.07 Å². The van der Waals surface area contributed by atoms with E-state index in [0.717, 1.165) is 22.0 Å². The number of aromatic nitrogens is 1. The van der Waals surface area contributed by atoms with Gasteiger partial charge in [0.05, 0.1) is 4.92 Å². The Morgan fingerprint density at radius 1 is 1.12 bits per heavy atom. The van der Waals surface area contributed by atoms with Gasteiger partial charge < -0.3 is 9.88 Å². The lowest BCUT2D eigenvalue weighted by molar-refractivity contribution is -0.384. The molecule has 4 aromatic rings. The summed E-state index contributed by atoms with van der Waals surface area (Å²) in [6.07, 6.45) is 3.42. The number of carbonyl (C=O) groups is 1. The summed E-state index contributed by atoms with van der Waals surface area (Å²) in [4.78, 5) is 23.5. The van der Waals surface area contributed by atoms with E-state index in [2.05, 4.69) is 5.32 Å². The van der Waals surface area contributed by atoms with Crippen LogP contribution < -0.4 is 5.32 Å². The zero-order valence-electron chi connectivity index (χ0n) is 17.9. The third kappa shape index (κ3) is 4.65. The Balaban J connectivity index is 1.69. The molecule has 1 aromatic heterocycles. The number of benzene rings is 3. The molecule has 0 saturated heterocycles. The van der Waals surface area contributed by atoms with Crippen LogP contribution in [0.5, 0.6) is 0 Å². The molecule has 0 unspecified atom stereocenters. The zero-order chi connectivity index (χ0) is 23.4. The molecule has 0 atom stereocenters. The Hall–Kier alpha value is -4.70. The van der Waals surface area contributed by atoms with Crippen molar-refractivity contribution in [2.45, 2.75) is 13.5 Å². The van der Waals surface area contributed by atoms with Gasteiger partial charge in [-0.1, -0.05) is 48.5 Å². The highest BCUT2D eigenvalue weighted by molar-refractivity contribution is 6.11. The molecule has 1 amide bonds. The summed E-state index contributed by atoms with van der Waals surface area (Å²) < 4.78 is 1.95. The third-order valence-electron chi connectivity index (χ3n) is 5.35. The maximum absolute atomic E-state index is 12.8. The van der Waals surface area contributed by atoms with Crippen molar-refractivity contribution in [3.63, 3.8) is 0 Å². The molecule has 0 spiro atoms. The number of nitro benzene ring substituents is 1. The molecule has 162 valence electrons. The van der Waals surface area contributed by atoms with Crippen LogP contribution in [0.2, 0.25) is 0 Å². The van der Waals surface area contributed by atoms with Crippen molar-refractivity contribution < 1.29 is 9.72 Å². The molecule has 0 saturated carbocycles. The number of nitrogens with zero attached hydrogens (tertiary/aromatic N) is 3. The summed E-state index contributed by atoms with van der Waals surface area (Å²) >= 11 is 0. The number of fused-ring (bicyclic) bond motifs is 1. The molecule has 1 N–H and O–H groups in total. The van der Waals surface area contributed by atoms with E-state index in [-0.39, 0.29) is 11.3 Å². The van der Waals surface area contributed by atoms with Crippen molar-refractivity contribution in [3.05, 3.63) is 111 Å². The van der Waals surface area contributed by atoms with Crippen LogP contribution in [0.3, 0.4) is 0 Å². The van der Waals surface area contributed by atoms with Gasteiger partial charge in [-0.25, -0.2) is 0 Å². The van der Waals surface area contributed by atoms with Gasteiger partial charge in [0.25, 0.3) is 11.6 Å². The summed E-state index contributed by atoms with van der Waals surface area (Å²) in [6, 6.07) is 23.5. The lowest BCUT2D eigenvalue weighted by atomic mass is 10.1. The van der Waals surface area contributed by atoms with Gasteiger partial charge in [-0.15, -0.1) is 0 Å². The summed E-state index contributed by atoms with van der Waals surface area (Å²) in [5, 5.41) is 24.4. The van der Waals surface area contributed by atoms with Crippen LogP contribution in [0.4, 0.5) is 11.4 Å². The van der Waals surface area contributed by atoms with E-state index in [9.17, 15) is 20.2 Å². The fraction of sp³-hybridized carbons (Fsp3) is 0.0769. The molecule has 0 fully saturated rings. The molecule has 0 aliphatic rings. The highest BCUT2D eigenvalue weighted by Gasteiger charge is 2.14. The fourth-order valence-electron chi connectivity index (χ4n) is 3.69. The van der Waals surface area contributed by atoms with Crippen molar-refractivity contribution in [1.82, 2.24) is 4.57 Å². The molecular weight excluding hydrogens is 416 g/mol. The van der Waals surface area contributed by atoms with Crippen molar-refractivity contribution >= 4 is 34.3 Å². The van der Waals surface area contributed by atoms with Gasteiger partial charge in [0.1, 0.15) is 11.6 Å². The number of amides is 1. The van der Waals surface area contributed by atoms with Gasteiger partial charge in [0.2, 0.25) is 0 Å². The number of carbonyl (C=O) groups excluding carboxylic acids is 1. The molecular formula is C26H20N4O3. The number of aryl methyl sites for hydroxylation is 1. The Morgan fingerprint density at radius 2 is 1.88 bits per heavy atom. The van der Waals surface area contributed by atoms with Gasteiger partial charge in [-0.05, 0) is 36.3 Å². The van der Waals surface area contributed by atoms with E-state index < -0.39 is 10.8 Å². The third-order valence-corrected chi connectivity index (χ3v) is 5.35. The predicted molar refractivity (Wildman–Crippen MR) is 128 cm³/mol. The number of nitriles is 1. The highest BCUT2D eigenvalue weighted by Crippen LogP contribution is 2.26. The number of non-ortho nitro benzene ring substituents is 1. The van der Waals surface area contributed by atoms with E-state index in [0.29, 0.717) is 17.8 Å². The summed E-state index contributed by atoms with van der Waals surface area (Å²) in [6.45, 7) is 2.29. The van der Waals surface area contributed by atoms with Crippen molar-refractivity contribution in [2.24, 2.45) is 0 Å². The van der Waals surface area contributed by atoms with Gasteiger partial charge in [-0.3, -0.25) is 14.9 Å². The second kappa shape index (κ2) is 9.20. The molecule has 33 heavy (non-hydrogen) atoms.